The van der Waals surface area contributed by atoms with E-state index in [1.807, 2.05) is 0 Å². The molecule has 0 saturated carbocycles. The fourth-order valence-corrected chi connectivity index (χ4v) is 1.41. The average Bonchev–Trinajstić information content (AvgIpc) is 2.10. The van der Waals surface area contributed by atoms with Gasteiger partial charge in [0.15, 0.2) is 0 Å². The molecule has 0 spiro atoms. The number of hydroxylamine groups is 2. The third-order valence-electron chi connectivity index (χ3n) is 2.22. The fourth-order valence-electron chi connectivity index (χ4n) is 1.41. The third kappa shape index (κ3) is 9.92. The minimum Gasteiger partial charge on any atom is -0.634 e. The Kier molecular flexibility index (Phi) is 9.29. The highest BCUT2D eigenvalue weighted by Gasteiger charge is 2.03. The Balaban J connectivity index is 3.10. The first kappa shape index (κ1) is 13.8. The van der Waals surface area contributed by atoms with Crippen LogP contribution in [0.5, 0.6) is 0 Å². The van der Waals surface area contributed by atoms with Crippen LogP contribution in [0.15, 0.2) is 0 Å². The molecule has 4 heteroatoms. The number of aliphatic hydroxyl groups excluding tert-OH is 1. The van der Waals surface area contributed by atoms with Gasteiger partial charge in [0.2, 0.25) is 6.29 Å². The molecule has 0 rings (SSSR count). The SMILES string of the molecule is CCCCCCCC[NH+]([O-])CC(O)O. The molecule has 0 aliphatic heterocycles. The Morgan fingerprint density at radius 2 is 1.64 bits per heavy atom. The average molecular weight is 205 g/mol. The van der Waals surface area contributed by atoms with Gasteiger partial charge in [0.25, 0.3) is 0 Å². The van der Waals surface area contributed by atoms with E-state index in [4.69, 9.17) is 10.2 Å². The van der Waals surface area contributed by atoms with Gasteiger partial charge in [-0.15, -0.1) is 0 Å². The van der Waals surface area contributed by atoms with Crippen molar-refractivity contribution in [2.24, 2.45) is 0 Å². The molecule has 0 aromatic heterocycles. The first-order valence-corrected chi connectivity index (χ1v) is 5.54. The highest BCUT2D eigenvalue weighted by atomic mass is 16.5. The predicted octanol–water partition coefficient (Wildman–Crippen LogP) is 0.0403. The summed E-state index contributed by atoms with van der Waals surface area (Å²) in [7, 11) is 0. The molecule has 0 aliphatic rings. The highest BCUT2D eigenvalue weighted by Crippen LogP contribution is 2.03. The van der Waals surface area contributed by atoms with Crippen molar-refractivity contribution in [3.05, 3.63) is 5.21 Å². The van der Waals surface area contributed by atoms with Crippen molar-refractivity contribution in [2.75, 3.05) is 13.1 Å². The summed E-state index contributed by atoms with van der Waals surface area (Å²) in [6.07, 6.45) is 5.42. The van der Waals surface area contributed by atoms with Gasteiger partial charge in [0.05, 0.1) is 6.54 Å². The van der Waals surface area contributed by atoms with Gasteiger partial charge in [-0.05, 0) is 12.8 Å². The van der Waals surface area contributed by atoms with Crippen LogP contribution in [0.3, 0.4) is 0 Å². The Morgan fingerprint density at radius 1 is 1.07 bits per heavy atom. The molecule has 4 nitrogen and oxygen atoms in total. The second-order valence-corrected chi connectivity index (χ2v) is 3.74. The zero-order chi connectivity index (χ0) is 10.8. The molecule has 0 saturated heterocycles. The van der Waals surface area contributed by atoms with E-state index in [9.17, 15) is 5.21 Å². The van der Waals surface area contributed by atoms with Gasteiger partial charge >= 0.3 is 0 Å². The molecular formula is C10H23NO3. The van der Waals surface area contributed by atoms with Gasteiger partial charge in [0, 0.05) is 0 Å². The number of unbranched alkanes of at least 4 members (excludes halogenated alkanes) is 5. The van der Waals surface area contributed by atoms with E-state index in [0.29, 0.717) is 6.54 Å². The van der Waals surface area contributed by atoms with Crippen molar-refractivity contribution in [1.29, 1.82) is 0 Å². The molecule has 0 heterocycles. The van der Waals surface area contributed by atoms with Gasteiger partial charge in [-0.3, -0.25) is 0 Å². The third-order valence-corrected chi connectivity index (χ3v) is 2.22. The van der Waals surface area contributed by atoms with Crippen LogP contribution >= 0.6 is 0 Å². The summed E-state index contributed by atoms with van der Waals surface area (Å²) in [5, 5.41) is 28.0. The zero-order valence-corrected chi connectivity index (χ0v) is 9.04. The van der Waals surface area contributed by atoms with Gasteiger partial charge in [-0.25, -0.2) is 0 Å². The summed E-state index contributed by atoms with van der Waals surface area (Å²) in [6, 6.07) is 0. The normalized spacial score (nSPS) is 13.5. The van der Waals surface area contributed by atoms with Crippen LogP contribution in [0.2, 0.25) is 0 Å². The molecule has 0 amide bonds. The Morgan fingerprint density at radius 3 is 2.21 bits per heavy atom. The molecule has 86 valence electrons. The van der Waals surface area contributed by atoms with Gasteiger partial charge in [-0.1, -0.05) is 32.6 Å². The number of nitrogens with one attached hydrogen (secondary N) is 1. The van der Waals surface area contributed by atoms with Crippen LogP contribution in [-0.4, -0.2) is 29.6 Å². The van der Waals surface area contributed by atoms with Crippen LogP contribution in [-0.2, 0) is 0 Å². The number of hydrogen-bond donors (Lipinski definition) is 3. The molecule has 0 aromatic carbocycles. The standard InChI is InChI=1S/C10H23NO3/c1-2-3-4-5-6-7-8-11(14)9-10(12)13/h10-13H,2-9H2,1H3. The fraction of sp³-hybridized carbons (Fsp3) is 1.00. The Bertz CT molecular complexity index is 120. The minimum absolute atomic E-state index is 0.0458. The number of quaternary nitrogens is 1. The van der Waals surface area contributed by atoms with Gasteiger partial charge < -0.3 is 20.5 Å². The lowest BCUT2D eigenvalue weighted by atomic mass is 10.1. The summed E-state index contributed by atoms with van der Waals surface area (Å²) in [5.41, 5.74) is 0. The molecule has 0 aromatic rings. The quantitative estimate of drug-likeness (QED) is 0.283. The van der Waals surface area contributed by atoms with Crippen molar-refractivity contribution in [2.45, 2.75) is 51.7 Å². The molecule has 1 atom stereocenters. The lowest BCUT2D eigenvalue weighted by Gasteiger charge is -2.22. The lowest BCUT2D eigenvalue weighted by Crippen LogP contribution is -3.08. The second kappa shape index (κ2) is 9.40. The molecule has 14 heavy (non-hydrogen) atoms. The monoisotopic (exact) mass is 205 g/mol. The van der Waals surface area contributed by atoms with Crippen molar-refractivity contribution in [1.82, 2.24) is 0 Å². The summed E-state index contributed by atoms with van der Waals surface area (Å²) in [6.45, 7) is 2.55. The minimum atomic E-state index is -1.47. The molecule has 3 N–H and O–H groups in total. The van der Waals surface area contributed by atoms with Crippen molar-refractivity contribution in [3.8, 4) is 0 Å². The second-order valence-electron chi connectivity index (χ2n) is 3.74. The first-order chi connectivity index (χ1) is 6.66. The molecule has 0 aliphatic carbocycles. The molecule has 0 radical (unpaired) electrons. The van der Waals surface area contributed by atoms with Crippen molar-refractivity contribution >= 4 is 0 Å². The number of hydrogen-bond acceptors (Lipinski definition) is 3. The van der Waals surface area contributed by atoms with E-state index < -0.39 is 6.29 Å². The molecule has 1 unspecified atom stereocenters. The summed E-state index contributed by atoms with van der Waals surface area (Å²) in [5.74, 6) is 0. The Hall–Kier alpha value is -0.160. The van der Waals surface area contributed by atoms with Gasteiger partial charge in [-0.2, -0.15) is 0 Å². The van der Waals surface area contributed by atoms with Crippen LogP contribution in [0.25, 0.3) is 0 Å². The van der Waals surface area contributed by atoms with Crippen LogP contribution in [0.4, 0.5) is 0 Å². The smallest absolute Gasteiger partial charge is 0.202 e. The van der Waals surface area contributed by atoms with Crippen LogP contribution < -0.4 is 5.06 Å². The van der Waals surface area contributed by atoms with Gasteiger partial charge in [0.1, 0.15) is 6.54 Å². The zero-order valence-electron chi connectivity index (χ0n) is 9.04. The number of aliphatic hydroxyl groups is 2. The molecular weight excluding hydrogens is 182 g/mol. The summed E-state index contributed by atoms with van der Waals surface area (Å²) < 4.78 is 0. The Labute approximate surface area is 86.1 Å². The van der Waals surface area contributed by atoms with Crippen LogP contribution in [0.1, 0.15) is 45.4 Å². The maximum atomic E-state index is 11.0. The highest BCUT2D eigenvalue weighted by molar-refractivity contribution is 4.43. The largest absolute Gasteiger partial charge is 0.634 e. The topological polar surface area (TPSA) is 68.0 Å². The van der Waals surface area contributed by atoms with E-state index in [1.165, 1.54) is 25.7 Å². The number of rotatable bonds is 9. The van der Waals surface area contributed by atoms with E-state index in [1.54, 1.807) is 0 Å². The predicted molar refractivity (Wildman–Crippen MR) is 55.7 cm³/mol. The van der Waals surface area contributed by atoms with E-state index >= 15 is 0 Å². The molecule has 0 bridgehead atoms. The lowest BCUT2D eigenvalue weighted by molar-refractivity contribution is -0.855. The van der Waals surface area contributed by atoms with E-state index in [2.05, 4.69) is 6.92 Å². The maximum Gasteiger partial charge on any atom is 0.202 e. The maximum absolute atomic E-state index is 11.0. The van der Waals surface area contributed by atoms with E-state index in [-0.39, 0.29) is 11.6 Å². The van der Waals surface area contributed by atoms with Crippen LogP contribution in [0, 0.1) is 5.21 Å². The first-order valence-electron chi connectivity index (χ1n) is 5.54. The van der Waals surface area contributed by atoms with Crippen molar-refractivity contribution < 1.29 is 15.3 Å². The van der Waals surface area contributed by atoms with E-state index in [0.717, 1.165) is 12.8 Å². The van der Waals surface area contributed by atoms with Crippen molar-refractivity contribution in [3.63, 3.8) is 0 Å². The summed E-state index contributed by atoms with van der Waals surface area (Å²) >= 11 is 0. The molecule has 0 fully saturated rings. The summed E-state index contributed by atoms with van der Waals surface area (Å²) in [4.78, 5) is 0.